The van der Waals surface area contributed by atoms with Gasteiger partial charge in [0, 0.05) is 11.6 Å². The highest BCUT2D eigenvalue weighted by molar-refractivity contribution is 7.09. The number of thiazole rings is 1. The summed E-state index contributed by atoms with van der Waals surface area (Å²) in [5.41, 5.74) is 0. The smallest absolute Gasteiger partial charge is 0.223 e. The maximum Gasteiger partial charge on any atom is 0.223 e. The first kappa shape index (κ1) is 10.3. The largest absolute Gasteiger partial charge is 0.345 e. The summed E-state index contributed by atoms with van der Waals surface area (Å²) in [4.78, 5) is 12.3. The summed E-state index contributed by atoms with van der Waals surface area (Å²) < 4.78 is 0. The lowest BCUT2D eigenvalue weighted by Gasteiger charge is -2.10. The molecule has 0 fully saturated rings. The molecule has 0 aliphatic rings. The third-order valence-electron chi connectivity index (χ3n) is 1.79. The van der Waals surface area contributed by atoms with Crippen LogP contribution in [0, 0.1) is 0 Å². The fourth-order valence-corrected chi connectivity index (χ4v) is 1.83. The Hall–Kier alpha value is -1.20. The minimum atomic E-state index is 0.103. The topological polar surface area (TPSA) is 50.7 Å². The van der Waals surface area contributed by atoms with E-state index in [0.717, 1.165) is 5.01 Å². The quantitative estimate of drug-likeness (QED) is 0.896. The first-order valence-electron chi connectivity index (χ1n) is 4.39. The molecule has 1 N–H and O–H groups in total. The third kappa shape index (κ3) is 2.64. The molecule has 1 unspecified atom stereocenters. The Labute approximate surface area is 96.4 Å². The van der Waals surface area contributed by atoms with Crippen molar-refractivity contribution in [3.05, 3.63) is 34.0 Å². The molecule has 0 aromatic carbocycles. The second-order valence-corrected chi connectivity index (χ2v) is 4.32. The van der Waals surface area contributed by atoms with Gasteiger partial charge < -0.3 is 5.32 Å². The molecule has 78 valence electrons. The number of aromatic nitrogens is 3. The normalized spacial score (nSPS) is 12.4. The van der Waals surface area contributed by atoms with Crippen molar-refractivity contribution in [1.29, 1.82) is 0 Å². The molecule has 0 saturated carbocycles. The molecule has 0 aliphatic carbocycles. The number of hydrogen-bond donors (Lipinski definition) is 1. The maximum absolute atomic E-state index is 5.68. The van der Waals surface area contributed by atoms with Gasteiger partial charge in [-0.3, -0.25) is 0 Å². The zero-order valence-electron chi connectivity index (χ0n) is 8.01. The second-order valence-electron chi connectivity index (χ2n) is 2.96. The van der Waals surface area contributed by atoms with Gasteiger partial charge in [-0.2, -0.15) is 0 Å². The molecule has 6 heteroatoms. The average Bonchev–Trinajstić information content (AvgIpc) is 2.74. The molecule has 2 aromatic heterocycles. The van der Waals surface area contributed by atoms with Crippen molar-refractivity contribution in [2.45, 2.75) is 13.0 Å². The Bertz CT molecular complexity index is 414. The van der Waals surface area contributed by atoms with Gasteiger partial charge in [-0.05, 0) is 6.92 Å². The van der Waals surface area contributed by atoms with E-state index in [1.165, 1.54) is 0 Å². The molecular weight excluding hydrogens is 232 g/mol. The van der Waals surface area contributed by atoms with Gasteiger partial charge in [-0.25, -0.2) is 15.0 Å². The summed E-state index contributed by atoms with van der Waals surface area (Å²) in [7, 11) is 0. The van der Waals surface area contributed by atoms with Gasteiger partial charge in [0.05, 0.1) is 23.5 Å². The predicted octanol–water partition coefficient (Wildman–Crippen LogP) is 2.76. The molecule has 4 nitrogen and oxygen atoms in total. The van der Waals surface area contributed by atoms with Crippen molar-refractivity contribution in [1.82, 2.24) is 15.0 Å². The van der Waals surface area contributed by atoms with Crippen LogP contribution < -0.4 is 5.32 Å². The van der Waals surface area contributed by atoms with Gasteiger partial charge in [-0.15, -0.1) is 11.3 Å². The zero-order valence-corrected chi connectivity index (χ0v) is 9.59. The summed E-state index contributed by atoms with van der Waals surface area (Å²) in [6.45, 7) is 2.01. The van der Waals surface area contributed by atoms with Crippen LogP contribution in [-0.2, 0) is 0 Å². The van der Waals surface area contributed by atoms with Crippen LogP contribution in [0.5, 0.6) is 0 Å². The van der Waals surface area contributed by atoms with Crippen molar-refractivity contribution >= 4 is 28.9 Å². The van der Waals surface area contributed by atoms with Crippen LogP contribution in [0.1, 0.15) is 18.0 Å². The van der Waals surface area contributed by atoms with Crippen molar-refractivity contribution in [2.24, 2.45) is 0 Å². The van der Waals surface area contributed by atoms with E-state index in [9.17, 15) is 0 Å². The molecule has 0 radical (unpaired) electrons. The first-order chi connectivity index (χ1) is 7.25. The van der Waals surface area contributed by atoms with E-state index >= 15 is 0 Å². The van der Waals surface area contributed by atoms with Crippen LogP contribution in [0.4, 0.5) is 5.95 Å². The molecule has 0 amide bonds. The highest BCUT2D eigenvalue weighted by atomic mass is 35.5. The SMILES string of the molecule is CC(Nc1ncc(Cl)cn1)c1nccs1. The van der Waals surface area contributed by atoms with Crippen molar-refractivity contribution < 1.29 is 0 Å². The second kappa shape index (κ2) is 4.55. The minimum Gasteiger partial charge on any atom is -0.345 e. The monoisotopic (exact) mass is 240 g/mol. The van der Waals surface area contributed by atoms with E-state index in [0.29, 0.717) is 11.0 Å². The molecule has 2 heterocycles. The van der Waals surface area contributed by atoms with Crippen molar-refractivity contribution in [3.8, 4) is 0 Å². The highest BCUT2D eigenvalue weighted by Gasteiger charge is 2.08. The van der Waals surface area contributed by atoms with Crippen LogP contribution in [0.3, 0.4) is 0 Å². The lowest BCUT2D eigenvalue weighted by atomic mass is 10.4. The van der Waals surface area contributed by atoms with E-state index in [-0.39, 0.29) is 6.04 Å². The molecule has 0 spiro atoms. The summed E-state index contributed by atoms with van der Waals surface area (Å²) in [5, 5.41) is 6.62. The minimum absolute atomic E-state index is 0.103. The van der Waals surface area contributed by atoms with Crippen LogP contribution in [0.25, 0.3) is 0 Å². The van der Waals surface area contributed by atoms with Gasteiger partial charge in [-0.1, -0.05) is 11.6 Å². The molecule has 15 heavy (non-hydrogen) atoms. The van der Waals surface area contributed by atoms with Crippen LogP contribution in [-0.4, -0.2) is 15.0 Å². The van der Waals surface area contributed by atoms with E-state index < -0.39 is 0 Å². The third-order valence-corrected chi connectivity index (χ3v) is 2.94. The summed E-state index contributed by atoms with van der Waals surface area (Å²) >= 11 is 7.28. The van der Waals surface area contributed by atoms with Crippen molar-refractivity contribution in [2.75, 3.05) is 5.32 Å². The molecule has 2 rings (SSSR count). The van der Waals surface area contributed by atoms with E-state index in [1.807, 2.05) is 12.3 Å². The molecule has 0 aliphatic heterocycles. The van der Waals surface area contributed by atoms with Gasteiger partial charge in [0.2, 0.25) is 5.95 Å². The van der Waals surface area contributed by atoms with Crippen LogP contribution >= 0.6 is 22.9 Å². The average molecular weight is 241 g/mol. The number of nitrogens with one attached hydrogen (secondary N) is 1. The maximum atomic E-state index is 5.68. The molecule has 0 saturated heterocycles. The summed E-state index contributed by atoms with van der Waals surface area (Å²) in [6.07, 6.45) is 4.90. The number of hydrogen-bond acceptors (Lipinski definition) is 5. The molecule has 2 aromatic rings. The van der Waals surface area contributed by atoms with Gasteiger partial charge >= 0.3 is 0 Å². The molecule has 1 atom stereocenters. The number of nitrogens with zero attached hydrogens (tertiary/aromatic N) is 3. The fraction of sp³-hybridized carbons (Fsp3) is 0.222. The highest BCUT2D eigenvalue weighted by Crippen LogP contribution is 2.18. The Morgan fingerprint density at radius 2 is 2.07 bits per heavy atom. The Morgan fingerprint density at radius 3 is 2.67 bits per heavy atom. The Morgan fingerprint density at radius 1 is 1.33 bits per heavy atom. The standard InChI is InChI=1S/C9H9ClN4S/c1-6(8-11-2-3-15-8)14-9-12-4-7(10)5-13-9/h2-6H,1H3,(H,12,13,14). The lowest BCUT2D eigenvalue weighted by Crippen LogP contribution is -2.08. The number of halogens is 1. The number of anilines is 1. The van der Waals surface area contributed by atoms with E-state index in [4.69, 9.17) is 11.6 Å². The van der Waals surface area contributed by atoms with Crippen LogP contribution in [0.15, 0.2) is 24.0 Å². The van der Waals surface area contributed by atoms with E-state index in [1.54, 1.807) is 29.9 Å². The summed E-state index contributed by atoms with van der Waals surface area (Å²) in [5.74, 6) is 0.558. The van der Waals surface area contributed by atoms with Crippen molar-refractivity contribution in [3.63, 3.8) is 0 Å². The Balaban J connectivity index is 2.06. The Kier molecular flexibility index (Phi) is 3.13. The molecule has 0 bridgehead atoms. The lowest BCUT2D eigenvalue weighted by molar-refractivity contribution is 0.848. The van der Waals surface area contributed by atoms with Gasteiger partial charge in [0.1, 0.15) is 5.01 Å². The van der Waals surface area contributed by atoms with Crippen LogP contribution in [0.2, 0.25) is 5.02 Å². The van der Waals surface area contributed by atoms with Gasteiger partial charge in [0.15, 0.2) is 0 Å². The fourth-order valence-electron chi connectivity index (χ4n) is 1.09. The predicted molar refractivity (Wildman–Crippen MR) is 61.2 cm³/mol. The molecular formula is C9H9ClN4S. The first-order valence-corrected chi connectivity index (χ1v) is 5.65. The number of rotatable bonds is 3. The zero-order chi connectivity index (χ0) is 10.7. The summed E-state index contributed by atoms with van der Waals surface area (Å²) in [6, 6.07) is 0.103. The van der Waals surface area contributed by atoms with E-state index in [2.05, 4.69) is 20.3 Å². The van der Waals surface area contributed by atoms with Gasteiger partial charge in [0.25, 0.3) is 0 Å².